The van der Waals surface area contributed by atoms with Crippen LogP contribution < -0.4 is 4.72 Å². The molecule has 1 amide bonds. The Hall–Kier alpha value is -1.80. The molecule has 9 nitrogen and oxygen atoms in total. The van der Waals surface area contributed by atoms with E-state index >= 15 is 0 Å². The van der Waals surface area contributed by atoms with Gasteiger partial charge in [-0.15, -0.1) is 11.3 Å². The Balaban J connectivity index is 1.99. The summed E-state index contributed by atoms with van der Waals surface area (Å²) in [6, 6.07) is 9.08. The molecule has 0 aliphatic carbocycles. The van der Waals surface area contributed by atoms with Gasteiger partial charge in [0.2, 0.25) is 0 Å². The summed E-state index contributed by atoms with van der Waals surface area (Å²) in [5.41, 5.74) is 0.252. The fourth-order valence-corrected chi connectivity index (χ4v) is 10.3. The normalized spacial score (nSPS) is 21.6. The van der Waals surface area contributed by atoms with E-state index in [-0.39, 0.29) is 26.9 Å². The van der Waals surface area contributed by atoms with Crippen LogP contribution in [0.3, 0.4) is 0 Å². The van der Waals surface area contributed by atoms with Gasteiger partial charge in [0.05, 0.1) is 34.6 Å². The summed E-state index contributed by atoms with van der Waals surface area (Å²) < 4.78 is 71.8. The Morgan fingerprint density at radius 2 is 1.97 bits per heavy atom. The Morgan fingerprint density at radius 1 is 1.33 bits per heavy atom. The molecule has 1 N–H and O–H groups in total. The number of rotatable bonds is 7. The maximum Gasteiger partial charge on any atom is 0.409 e. The molecule has 13 heteroatoms. The summed E-state index contributed by atoms with van der Waals surface area (Å²) >= 11 is 0.637. The standard InChI is InChI=1S/C20H26N2O7S4/c1-5-22(20(23)29-4)17-11-13(2)32(25,26)19-16(17)12-18(30-19)33(27,28)21-14(3)31(24)15-9-7-6-8-10-15/h6-10,12-14,17,21H,5,11H2,1-4H3/t13-,14?,17-,31?/m0/s1. The number of nitrogens with zero attached hydrogens (tertiary/aromatic N) is 1. The minimum Gasteiger partial charge on any atom is -0.453 e. The summed E-state index contributed by atoms with van der Waals surface area (Å²) in [6.07, 6.45) is -0.503. The number of benzene rings is 1. The van der Waals surface area contributed by atoms with Crippen molar-refractivity contribution in [1.29, 1.82) is 0 Å². The van der Waals surface area contributed by atoms with Crippen LogP contribution in [0.15, 0.2) is 49.7 Å². The largest absolute Gasteiger partial charge is 0.453 e. The van der Waals surface area contributed by atoms with Crippen molar-refractivity contribution in [2.24, 2.45) is 0 Å². The topological polar surface area (TPSA) is 127 Å². The number of methoxy groups -OCH3 is 1. The van der Waals surface area contributed by atoms with Crippen molar-refractivity contribution in [1.82, 2.24) is 9.62 Å². The number of carbonyl (C=O) groups is 1. The van der Waals surface area contributed by atoms with E-state index in [9.17, 15) is 25.8 Å². The maximum absolute atomic E-state index is 13.1. The molecule has 182 valence electrons. The molecule has 0 spiro atoms. The summed E-state index contributed by atoms with van der Waals surface area (Å²) in [5, 5.41) is -1.76. The Bertz CT molecular complexity index is 1260. The van der Waals surface area contributed by atoms with Gasteiger partial charge >= 0.3 is 6.09 Å². The molecule has 1 aromatic carbocycles. The number of hydrogen-bond acceptors (Lipinski definition) is 8. The molecule has 0 radical (unpaired) electrons. The van der Waals surface area contributed by atoms with Gasteiger partial charge in [-0.05, 0) is 45.4 Å². The third kappa shape index (κ3) is 5.02. The molecule has 33 heavy (non-hydrogen) atoms. The molecule has 1 aliphatic heterocycles. The lowest BCUT2D eigenvalue weighted by Crippen LogP contribution is -2.40. The zero-order valence-corrected chi connectivity index (χ0v) is 21.8. The first-order chi connectivity index (χ1) is 15.4. The second-order valence-electron chi connectivity index (χ2n) is 7.55. The molecular weight excluding hydrogens is 508 g/mol. The van der Waals surface area contributed by atoms with Crippen molar-refractivity contribution >= 4 is 48.1 Å². The van der Waals surface area contributed by atoms with Crippen molar-refractivity contribution in [2.45, 2.75) is 57.2 Å². The van der Waals surface area contributed by atoms with Gasteiger partial charge < -0.3 is 9.64 Å². The summed E-state index contributed by atoms with van der Waals surface area (Å²) in [6.45, 7) is 5.00. The molecule has 1 aliphatic rings. The number of nitrogens with one attached hydrogen (secondary N) is 1. The van der Waals surface area contributed by atoms with E-state index < -0.39 is 53.4 Å². The summed E-state index contributed by atoms with van der Waals surface area (Å²) in [7, 11) is -8.37. The minimum atomic E-state index is -4.18. The lowest BCUT2D eigenvalue weighted by molar-refractivity contribution is 0.104. The molecule has 0 saturated heterocycles. The molecule has 1 aromatic heterocycles. The molecule has 0 saturated carbocycles. The van der Waals surface area contributed by atoms with Crippen LogP contribution in [0.2, 0.25) is 0 Å². The molecule has 2 heterocycles. The van der Waals surface area contributed by atoms with Crippen LogP contribution in [-0.4, -0.2) is 56.3 Å². The monoisotopic (exact) mass is 534 g/mol. The maximum atomic E-state index is 13.1. The molecule has 2 aromatic rings. The van der Waals surface area contributed by atoms with Gasteiger partial charge in [-0.1, -0.05) is 18.2 Å². The Kier molecular flexibility index (Phi) is 7.68. The lowest BCUT2D eigenvalue weighted by atomic mass is 10.0. The average molecular weight is 535 g/mol. The number of hydrogen-bond donors (Lipinski definition) is 1. The highest BCUT2D eigenvalue weighted by Crippen LogP contribution is 2.45. The number of ether oxygens (including phenoxy) is 1. The average Bonchev–Trinajstić information content (AvgIpc) is 3.25. The van der Waals surface area contributed by atoms with Gasteiger partial charge in [-0.2, -0.15) is 4.72 Å². The van der Waals surface area contributed by atoms with Crippen LogP contribution in [0, 0.1) is 0 Å². The third-order valence-electron chi connectivity index (χ3n) is 5.41. The van der Waals surface area contributed by atoms with Gasteiger partial charge in [-0.3, -0.25) is 4.21 Å². The summed E-state index contributed by atoms with van der Waals surface area (Å²) in [5.74, 6) is 0. The highest BCUT2D eigenvalue weighted by molar-refractivity contribution is 7.96. The van der Waals surface area contributed by atoms with Gasteiger partial charge in [0.1, 0.15) is 8.42 Å². The van der Waals surface area contributed by atoms with Gasteiger partial charge in [-0.25, -0.2) is 21.6 Å². The zero-order chi connectivity index (χ0) is 24.6. The van der Waals surface area contributed by atoms with Crippen molar-refractivity contribution in [3.8, 4) is 0 Å². The van der Waals surface area contributed by atoms with E-state index in [1.54, 1.807) is 37.3 Å². The van der Waals surface area contributed by atoms with E-state index in [1.165, 1.54) is 31.9 Å². The fraction of sp³-hybridized carbons (Fsp3) is 0.450. The SMILES string of the molecule is CCN(C(=O)OC)[C@H]1C[C@H](C)S(=O)(=O)c2sc(S(=O)(=O)NC(C)S(=O)c3ccccc3)cc21. The number of sulfone groups is 1. The van der Waals surface area contributed by atoms with Crippen molar-refractivity contribution < 1.29 is 30.6 Å². The van der Waals surface area contributed by atoms with Crippen molar-refractivity contribution in [2.75, 3.05) is 13.7 Å². The number of sulfonamides is 1. The molecule has 0 fully saturated rings. The van der Waals surface area contributed by atoms with Crippen LogP contribution >= 0.6 is 11.3 Å². The molecule has 3 rings (SSSR count). The number of thiophene rings is 1. The second-order valence-corrected chi connectivity index (χ2v) is 14.9. The highest BCUT2D eigenvalue weighted by atomic mass is 32.3. The van der Waals surface area contributed by atoms with Crippen LogP contribution in [-0.2, 0) is 35.4 Å². The van der Waals surface area contributed by atoms with Gasteiger partial charge in [0, 0.05) is 17.0 Å². The van der Waals surface area contributed by atoms with E-state index in [4.69, 9.17) is 4.74 Å². The van der Waals surface area contributed by atoms with Crippen LogP contribution in [0.4, 0.5) is 4.79 Å². The van der Waals surface area contributed by atoms with Gasteiger partial charge in [0.25, 0.3) is 10.0 Å². The predicted octanol–water partition coefficient (Wildman–Crippen LogP) is 2.88. The Morgan fingerprint density at radius 3 is 2.55 bits per heavy atom. The van der Waals surface area contributed by atoms with Crippen LogP contribution in [0.1, 0.15) is 38.8 Å². The molecule has 2 unspecified atom stereocenters. The quantitative estimate of drug-likeness (QED) is 0.579. The number of fused-ring (bicyclic) bond motifs is 1. The second kappa shape index (κ2) is 9.82. The minimum absolute atomic E-state index is 0.0780. The lowest BCUT2D eigenvalue weighted by Gasteiger charge is -2.34. The molecule has 0 bridgehead atoms. The van der Waals surface area contributed by atoms with E-state index in [2.05, 4.69) is 4.72 Å². The van der Waals surface area contributed by atoms with E-state index in [0.717, 1.165) is 0 Å². The predicted molar refractivity (Wildman–Crippen MR) is 126 cm³/mol. The van der Waals surface area contributed by atoms with Gasteiger partial charge in [0.15, 0.2) is 9.84 Å². The van der Waals surface area contributed by atoms with Crippen molar-refractivity contribution in [3.05, 3.63) is 42.0 Å². The molecular formula is C20H26N2O7S4. The first-order valence-electron chi connectivity index (χ1n) is 10.1. The van der Waals surface area contributed by atoms with E-state index in [0.29, 0.717) is 16.2 Å². The Labute approximate surface area is 200 Å². The van der Waals surface area contributed by atoms with Crippen LogP contribution in [0.25, 0.3) is 0 Å². The summed E-state index contributed by atoms with van der Waals surface area (Å²) in [4.78, 5) is 14.1. The molecule has 4 atom stereocenters. The smallest absolute Gasteiger partial charge is 0.409 e. The number of amides is 1. The fourth-order valence-electron chi connectivity index (χ4n) is 3.67. The third-order valence-corrected chi connectivity index (χ3v) is 13.0. The first kappa shape index (κ1) is 25.8. The first-order valence-corrected chi connectivity index (χ1v) is 15.2. The van der Waals surface area contributed by atoms with Crippen molar-refractivity contribution in [3.63, 3.8) is 0 Å². The zero-order valence-electron chi connectivity index (χ0n) is 18.5. The highest BCUT2D eigenvalue weighted by Gasteiger charge is 2.43. The van der Waals surface area contributed by atoms with Crippen LogP contribution in [0.5, 0.6) is 0 Å². The van der Waals surface area contributed by atoms with E-state index in [1.807, 2.05) is 0 Å². The number of carbonyl (C=O) groups excluding carboxylic acids is 1.